The monoisotopic (exact) mass is 131 g/mol. The van der Waals surface area contributed by atoms with Gasteiger partial charge in [-0.05, 0) is 12.8 Å². The topological polar surface area (TPSA) is 37.3 Å². The highest BCUT2D eigenvalue weighted by molar-refractivity contribution is 5.77. The lowest BCUT2D eigenvalue weighted by Crippen LogP contribution is -1.95. The van der Waals surface area contributed by atoms with Crippen LogP contribution in [0.3, 0.4) is 0 Å². The fraction of sp³-hybridized carbons (Fsp3) is 0.857. The van der Waals surface area contributed by atoms with Gasteiger partial charge >= 0.3 is 0 Å². The molecule has 0 heterocycles. The third-order valence-corrected chi connectivity index (χ3v) is 1.10. The Labute approximate surface area is 57.3 Å². The van der Waals surface area contributed by atoms with E-state index in [-0.39, 0.29) is 18.8 Å². The van der Waals surface area contributed by atoms with Crippen LogP contribution in [0.5, 0.6) is 0 Å². The number of rotatable bonds is 5. The molecular weight excluding hydrogens is 116 g/mol. The second kappa shape index (κ2) is 5.76. The highest BCUT2D eigenvalue weighted by atomic mass is 16.2. The van der Waals surface area contributed by atoms with Crippen molar-refractivity contribution in [2.45, 2.75) is 32.6 Å². The molecule has 0 aromatic carbocycles. The fourth-order valence-electron chi connectivity index (χ4n) is 0.499. The second-order valence-electron chi connectivity index (χ2n) is 1.90. The molecule has 0 aliphatic rings. The van der Waals surface area contributed by atoms with E-state index in [1.807, 2.05) is 0 Å². The number of aliphatic hydroxyl groups excluding tert-OH is 1. The van der Waals surface area contributed by atoms with Gasteiger partial charge in [-0.2, -0.15) is 0 Å². The number of Topliss-reactive ketones (excluding diaryl/α,β-unsaturated/α-hetero) is 1. The lowest BCUT2D eigenvalue weighted by Gasteiger charge is -1.93. The van der Waals surface area contributed by atoms with Crippen molar-refractivity contribution in [1.29, 1.82) is 0 Å². The van der Waals surface area contributed by atoms with Crippen LogP contribution in [0.15, 0.2) is 0 Å². The third-order valence-electron chi connectivity index (χ3n) is 1.10. The van der Waals surface area contributed by atoms with Crippen molar-refractivity contribution in [3.8, 4) is 0 Å². The molecule has 54 valence electrons. The van der Waals surface area contributed by atoms with Crippen LogP contribution in [0.25, 0.3) is 0 Å². The van der Waals surface area contributed by atoms with Crippen molar-refractivity contribution in [3.05, 3.63) is 0 Å². The van der Waals surface area contributed by atoms with E-state index in [9.17, 15) is 4.79 Å². The molecule has 1 atom stereocenters. The predicted molar refractivity (Wildman–Crippen MR) is 36.2 cm³/mol. The molecule has 2 heteroatoms. The van der Waals surface area contributed by atoms with Crippen LogP contribution < -0.4 is 0 Å². The van der Waals surface area contributed by atoms with E-state index in [2.05, 4.69) is 0 Å². The van der Waals surface area contributed by atoms with Gasteiger partial charge in [-0.15, -0.1) is 0 Å². The number of hydrogen-bond donors (Lipinski definition) is 1. The van der Waals surface area contributed by atoms with E-state index < -0.39 is 6.40 Å². The lowest BCUT2D eigenvalue weighted by atomic mass is 10.1. The zero-order valence-electron chi connectivity index (χ0n) is 6.76. The smallest absolute Gasteiger partial charge is 0.132 e. The molecule has 0 saturated carbocycles. The molecule has 0 aromatic rings. The van der Waals surface area contributed by atoms with Crippen LogP contribution >= 0.6 is 0 Å². The summed E-state index contributed by atoms with van der Waals surface area (Å²) in [6, 6.07) is 0. The van der Waals surface area contributed by atoms with E-state index >= 15 is 0 Å². The first-order valence-electron chi connectivity index (χ1n) is 3.83. The summed E-state index contributed by atoms with van der Waals surface area (Å²) in [5, 5.41) is 8.39. The minimum atomic E-state index is -0.405. The van der Waals surface area contributed by atoms with E-state index in [4.69, 9.17) is 6.48 Å². The SMILES string of the molecule is [2H]C(CCO)CC(=O)CC. The van der Waals surface area contributed by atoms with Gasteiger partial charge in [-0.25, -0.2) is 0 Å². The van der Waals surface area contributed by atoms with Crippen LogP contribution in [0.2, 0.25) is 0 Å². The van der Waals surface area contributed by atoms with Crippen LogP contribution in [-0.2, 0) is 4.79 Å². The zero-order valence-corrected chi connectivity index (χ0v) is 5.76. The van der Waals surface area contributed by atoms with Crippen LogP contribution in [0.1, 0.15) is 34.0 Å². The highest BCUT2D eigenvalue weighted by Crippen LogP contribution is 1.97. The Morgan fingerprint density at radius 1 is 1.78 bits per heavy atom. The van der Waals surface area contributed by atoms with E-state index in [1.165, 1.54) is 0 Å². The molecule has 0 aliphatic heterocycles. The van der Waals surface area contributed by atoms with E-state index in [0.717, 1.165) is 0 Å². The third kappa shape index (κ3) is 5.50. The molecule has 0 amide bonds. The molecule has 2 nitrogen and oxygen atoms in total. The Bertz CT molecular complexity index is 104. The molecular formula is C7H14O2. The Morgan fingerprint density at radius 3 is 2.89 bits per heavy atom. The Kier molecular flexibility index (Phi) is 4.32. The van der Waals surface area contributed by atoms with Crippen LogP contribution in [-0.4, -0.2) is 17.5 Å². The summed E-state index contributed by atoms with van der Waals surface area (Å²) in [6.45, 7) is 1.79. The van der Waals surface area contributed by atoms with Gasteiger partial charge in [0.25, 0.3) is 0 Å². The summed E-state index contributed by atoms with van der Waals surface area (Å²) in [6.07, 6.45) is 0.793. The van der Waals surface area contributed by atoms with Gasteiger partial charge in [-0.1, -0.05) is 6.92 Å². The standard InChI is InChI=1S/C7H14O2/c1-2-7(9)5-3-4-6-8/h8H,2-6H2,1H3/i3D. The summed E-state index contributed by atoms with van der Waals surface area (Å²) in [7, 11) is 0. The van der Waals surface area contributed by atoms with Gasteiger partial charge in [0.15, 0.2) is 0 Å². The van der Waals surface area contributed by atoms with Crippen LogP contribution in [0.4, 0.5) is 0 Å². The minimum absolute atomic E-state index is 0.00512. The number of ketones is 1. The van der Waals surface area contributed by atoms with Gasteiger partial charge in [0.05, 0.1) is 0 Å². The number of hydrogen-bond acceptors (Lipinski definition) is 2. The van der Waals surface area contributed by atoms with Gasteiger partial charge in [0.2, 0.25) is 0 Å². The summed E-state index contributed by atoms with van der Waals surface area (Å²) in [4.78, 5) is 10.7. The molecule has 0 radical (unpaired) electrons. The van der Waals surface area contributed by atoms with Crippen molar-refractivity contribution in [2.75, 3.05) is 6.61 Å². The highest BCUT2D eigenvalue weighted by Gasteiger charge is 1.95. The Morgan fingerprint density at radius 2 is 2.44 bits per heavy atom. The number of aliphatic hydroxyl groups is 1. The molecule has 0 aromatic heterocycles. The molecule has 1 unspecified atom stereocenters. The van der Waals surface area contributed by atoms with Gasteiger partial charge in [0, 0.05) is 20.8 Å². The fourth-order valence-corrected chi connectivity index (χ4v) is 0.499. The summed E-state index contributed by atoms with van der Waals surface area (Å²) in [5.41, 5.74) is 0. The first-order valence-corrected chi connectivity index (χ1v) is 3.25. The molecule has 0 rings (SSSR count). The molecule has 1 N–H and O–H groups in total. The largest absolute Gasteiger partial charge is 0.396 e. The molecule has 0 fully saturated rings. The quantitative estimate of drug-likeness (QED) is 0.607. The maximum Gasteiger partial charge on any atom is 0.132 e. The van der Waals surface area contributed by atoms with Crippen molar-refractivity contribution in [2.24, 2.45) is 0 Å². The average Bonchev–Trinajstić information content (AvgIpc) is 1.88. The van der Waals surface area contributed by atoms with Crippen molar-refractivity contribution in [1.82, 2.24) is 0 Å². The van der Waals surface area contributed by atoms with Gasteiger partial charge in [0.1, 0.15) is 5.78 Å². The predicted octanol–water partition coefficient (Wildman–Crippen LogP) is 1.13. The summed E-state index contributed by atoms with van der Waals surface area (Å²) < 4.78 is 7.22. The maximum absolute atomic E-state index is 10.7. The molecule has 9 heavy (non-hydrogen) atoms. The van der Waals surface area contributed by atoms with Crippen molar-refractivity contribution < 1.29 is 11.3 Å². The minimum Gasteiger partial charge on any atom is -0.396 e. The van der Waals surface area contributed by atoms with Gasteiger partial charge in [-0.3, -0.25) is 4.79 Å². The Balaban J connectivity index is 3.37. The van der Waals surface area contributed by atoms with E-state index in [1.54, 1.807) is 6.92 Å². The average molecular weight is 131 g/mol. The number of carbonyl (C=O) groups excluding carboxylic acids is 1. The molecule has 0 spiro atoms. The van der Waals surface area contributed by atoms with Crippen LogP contribution in [0, 0.1) is 0 Å². The van der Waals surface area contributed by atoms with Crippen molar-refractivity contribution >= 4 is 5.78 Å². The lowest BCUT2D eigenvalue weighted by molar-refractivity contribution is -0.118. The first kappa shape index (κ1) is 6.75. The van der Waals surface area contributed by atoms with Crippen molar-refractivity contribution in [3.63, 3.8) is 0 Å². The molecule has 0 saturated heterocycles. The second-order valence-corrected chi connectivity index (χ2v) is 1.90. The first-order chi connectivity index (χ1) is 4.70. The molecule has 0 aliphatic carbocycles. The normalized spacial score (nSPS) is 14.7. The molecule has 0 bridgehead atoms. The maximum atomic E-state index is 10.7. The zero-order chi connectivity index (χ0) is 7.98. The van der Waals surface area contributed by atoms with Gasteiger partial charge < -0.3 is 5.11 Å². The summed E-state index contributed by atoms with van der Waals surface area (Å²) in [5.74, 6) is 0.105. The summed E-state index contributed by atoms with van der Waals surface area (Å²) >= 11 is 0. The van der Waals surface area contributed by atoms with E-state index in [0.29, 0.717) is 12.8 Å². The Hall–Kier alpha value is -0.370. The number of carbonyl (C=O) groups is 1.